The fourth-order valence-electron chi connectivity index (χ4n) is 5.43. The summed E-state index contributed by atoms with van der Waals surface area (Å²) in [4.78, 5) is 16.8. The second-order valence-corrected chi connectivity index (χ2v) is 13.5. The van der Waals surface area contributed by atoms with Crippen LogP contribution in [0.1, 0.15) is 35.8 Å². The molecule has 2 aromatic heterocycles. The van der Waals surface area contributed by atoms with E-state index in [2.05, 4.69) is 26.6 Å². The predicted octanol–water partition coefficient (Wildman–Crippen LogP) is 4.92. The molecule has 10 nitrogen and oxygen atoms in total. The van der Waals surface area contributed by atoms with Crippen LogP contribution in [0.25, 0.3) is 22.0 Å². The summed E-state index contributed by atoms with van der Waals surface area (Å²) in [6.45, 7) is 0. The summed E-state index contributed by atoms with van der Waals surface area (Å²) in [5.74, 6) is 0.374. The van der Waals surface area contributed by atoms with Crippen molar-refractivity contribution >= 4 is 44.3 Å². The molecule has 3 N–H and O–H groups in total. The lowest BCUT2D eigenvalue weighted by Crippen LogP contribution is -2.41. The SMILES string of the molecule is Cn1nc(NS(C)(=O)=O)c2c(Cl)ccc(-c3ccc(C#CC4(O)CC(C#N)C4)nc3[C@H](Cc3cc(F)cc(F)c3)NC(=O)C(F)(F)F)c21. The molecule has 4 aromatic rings. The van der Waals surface area contributed by atoms with Crippen LogP contribution >= 0.6 is 11.6 Å². The number of rotatable bonds is 7. The maximum atomic E-state index is 14.2. The molecule has 0 unspecified atom stereocenters. The van der Waals surface area contributed by atoms with Gasteiger partial charge in [-0.2, -0.15) is 23.5 Å². The number of benzene rings is 2. The summed E-state index contributed by atoms with van der Waals surface area (Å²) in [7, 11) is -2.37. The first kappa shape index (κ1) is 34.6. The molecule has 17 heteroatoms. The Kier molecular flexibility index (Phi) is 9.13. The van der Waals surface area contributed by atoms with Gasteiger partial charge in [0.2, 0.25) is 10.0 Å². The molecule has 1 aliphatic rings. The van der Waals surface area contributed by atoms with E-state index >= 15 is 0 Å². The van der Waals surface area contributed by atoms with Gasteiger partial charge >= 0.3 is 12.1 Å². The van der Waals surface area contributed by atoms with Crippen LogP contribution in [-0.4, -0.2) is 52.2 Å². The van der Waals surface area contributed by atoms with Crippen molar-refractivity contribution in [1.82, 2.24) is 20.1 Å². The Labute approximate surface area is 275 Å². The number of hydrogen-bond acceptors (Lipinski definition) is 7. The molecule has 0 aliphatic heterocycles. The van der Waals surface area contributed by atoms with Crippen LogP contribution in [0, 0.1) is 40.7 Å². The van der Waals surface area contributed by atoms with E-state index in [-0.39, 0.29) is 62.7 Å². The van der Waals surface area contributed by atoms with Crippen LogP contribution in [0.15, 0.2) is 42.5 Å². The molecule has 0 bridgehead atoms. The maximum Gasteiger partial charge on any atom is 0.471 e. The van der Waals surface area contributed by atoms with Gasteiger partial charge in [-0.05, 0) is 48.2 Å². The topological polar surface area (TPSA) is 150 Å². The van der Waals surface area contributed by atoms with Crippen LogP contribution in [0.2, 0.25) is 5.02 Å². The van der Waals surface area contributed by atoms with Gasteiger partial charge in [0.15, 0.2) is 5.82 Å². The number of anilines is 1. The number of aliphatic hydroxyl groups is 1. The number of nitrogens with one attached hydrogen (secondary N) is 2. The van der Waals surface area contributed by atoms with Crippen LogP contribution < -0.4 is 10.0 Å². The van der Waals surface area contributed by atoms with Crippen molar-refractivity contribution in [3.05, 3.63) is 76.1 Å². The smallest absolute Gasteiger partial charge is 0.378 e. The van der Waals surface area contributed by atoms with Crippen molar-refractivity contribution in [1.29, 1.82) is 5.26 Å². The number of aromatic nitrogens is 3. The number of pyridine rings is 1. The zero-order valence-electron chi connectivity index (χ0n) is 25.0. The molecule has 1 aliphatic carbocycles. The first-order valence-corrected chi connectivity index (χ1v) is 16.2. The zero-order valence-corrected chi connectivity index (χ0v) is 26.5. The van der Waals surface area contributed by atoms with E-state index in [0.717, 1.165) is 18.4 Å². The van der Waals surface area contributed by atoms with Crippen LogP contribution in [0.3, 0.4) is 0 Å². The minimum atomic E-state index is -5.35. The Morgan fingerprint density at radius 3 is 2.42 bits per heavy atom. The standard InChI is InChI=1S/C31H24ClF5N6O4S/c1-43-27-22(5-6-23(32)25(27)28(41-43)42-48(2,46)47)21-4-3-20(7-8-30(45)13-17(14-30)15-38)39-26(21)24(40-29(44)31(35,36)37)11-16-9-18(33)12-19(34)10-16/h3-6,9-10,12,17,24,45H,11,13-14H2,1-2H3,(H,40,44)(H,41,42)/t17?,24-,30?/m0/s1. The number of nitriles is 1. The molecule has 1 saturated carbocycles. The highest BCUT2D eigenvalue weighted by atomic mass is 35.5. The highest BCUT2D eigenvalue weighted by Crippen LogP contribution is 2.40. The Morgan fingerprint density at radius 1 is 1.17 bits per heavy atom. The van der Waals surface area contributed by atoms with Crippen LogP contribution in [-0.2, 0) is 28.3 Å². The number of amides is 1. The van der Waals surface area contributed by atoms with Crippen molar-refractivity contribution < 1.29 is 40.3 Å². The van der Waals surface area contributed by atoms with E-state index in [1.54, 1.807) is 0 Å². The van der Waals surface area contributed by atoms with Crippen molar-refractivity contribution in [2.75, 3.05) is 11.0 Å². The third kappa shape index (κ3) is 7.52. The van der Waals surface area contributed by atoms with E-state index < -0.39 is 57.7 Å². The van der Waals surface area contributed by atoms with Gasteiger partial charge in [0.25, 0.3) is 0 Å². The quantitative estimate of drug-likeness (QED) is 0.183. The largest absolute Gasteiger partial charge is 0.471 e. The normalized spacial score (nSPS) is 18.3. The number of fused-ring (bicyclic) bond motifs is 1. The number of alkyl halides is 3. The molecular weight excluding hydrogens is 683 g/mol. The maximum absolute atomic E-state index is 14.2. The fraction of sp³-hybridized carbons (Fsp3) is 0.290. The van der Waals surface area contributed by atoms with Gasteiger partial charge in [-0.25, -0.2) is 22.2 Å². The Balaban J connectivity index is 1.74. The van der Waals surface area contributed by atoms with E-state index in [0.29, 0.717) is 6.07 Å². The number of aryl methyl sites for hydroxylation is 1. The minimum Gasteiger partial charge on any atom is -0.378 e. The lowest BCUT2D eigenvalue weighted by molar-refractivity contribution is -0.174. The Hall–Kier alpha value is -4.77. The lowest BCUT2D eigenvalue weighted by Gasteiger charge is -2.35. The first-order chi connectivity index (χ1) is 22.4. The highest BCUT2D eigenvalue weighted by molar-refractivity contribution is 7.92. The zero-order chi connectivity index (χ0) is 35.2. The predicted molar refractivity (Wildman–Crippen MR) is 165 cm³/mol. The molecular formula is C31H24ClF5N6O4S. The first-order valence-electron chi connectivity index (χ1n) is 14.0. The summed E-state index contributed by atoms with van der Waals surface area (Å²) >= 11 is 6.45. The van der Waals surface area contributed by atoms with E-state index in [4.69, 9.17) is 16.9 Å². The molecule has 1 amide bonds. The van der Waals surface area contributed by atoms with Crippen molar-refractivity contribution in [2.45, 2.75) is 37.1 Å². The fourth-order valence-corrected chi connectivity index (χ4v) is 6.17. The molecule has 48 heavy (non-hydrogen) atoms. The number of carbonyl (C=O) groups excluding carboxylic acids is 1. The summed E-state index contributed by atoms with van der Waals surface area (Å²) in [6, 6.07) is 8.40. The van der Waals surface area contributed by atoms with E-state index in [1.165, 1.54) is 36.0 Å². The molecule has 5 rings (SSSR count). The number of nitrogens with zero attached hydrogens (tertiary/aromatic N) is 4. The lowest BCUT2D eigenvalue weighted by atomic mass is 9.72. The number of halogens is 6. The molecule has 2 aromatic carbocycles. The third-order valence-corrected chi connectivity index (χ3v) is 8.34. The second kappa shape index (κ2) is 12.7. The van der Waals surface area contributed by atoms with Gasteiger partial charge < -0.3 is 10.4 Å². The third-order valence-electron chi connectivity index (χ3n) is 7.46. The molecule has 0 saturated heterocycles. The highest BCUT2D eigenvalue weighted by Gasteiger charge is 2.42. The number of sulfonamides is 1. The van der Waals surface area contributed by atoms with E-state index in [9.17, 15) is 40.3 Å². The van der Waals surface area contributed by atoms with Gasteiger partial charge in [-0.1, -0.05) is 23.6 Å². The molecule has 250 valence electrons. The van der Waals surface area contributed by atoms with E-state index in [1.807, 2.05) is 11.4 Å². The van der Waals surface area contributed by atoms with Crippen LogP contribution in [0.5, 0.6) is 0 Å². The minimum absolute atomic E-state index is 0.0473. The molecule has 0 radical (unpaired) electrons. The summed E-state index contributed by atoms with van der Waals surface area (Å²) in [5, 5.41) is 26.0. The van der Waals surface area contributed by atoms with Crippen molar-refractivity contribution in [3.63, 3.8) is 0 Å². The average Bonchev–Trinajstić information content (AvgIpc) is 3.28. The Bertz CT molecular complexity index is 2150. The summed E-state index contributed by atoms with van der Waals surface area (Å²) in [6.07, 6.45) is -4.87. The Morgan fingerprint density at radius 2 is 1.81 bits per heavy atom. The summed E-state index contributed by atoms with van der Waals surface area (Å²) < 4.78 is 96.8. The van der Waals surface area contributed by atoms with Gasteiger partial charge in [-0.15, -0.1) is 0 Å². The van der Waals surface area contributed by atoms with Crippen molar-refractivity contribution in [2.24, 2.45) is 13.0 Å². The molecule has 0 spiro atoms. The van der Waals surface area contributed by atoms with Gasteiger partial charge in [-0.3, -0.25) is 14.2 Å². The van der Waals surface area contributed by atoms with Gasteiger partial charge in [0, 0.05) is 37.1 Å². The summed E-state index contributed by atoms with van der Waals surface area (Å²) in [5.41, 5.74) is -1.32. The van der Waals surface area contributed by atoms with Gasteiger partial charge in [0.05, 0.1) is 45.9 Å². The number of hydrogen-bond donors (Lipinski definition) is 3. The average molecular weight is 707 g/mol. The molecule has 1 fully saturated rings. The molecule has 2 heterocycles. The second-order valence-electron chi connectivity index (χ2n) is 11.3. The monoisotopic (exact) mass is 706 g/mol. The van der Waals surface area contributed by atoms with Gasteiger partial charge in [0.1, 0.15) is 22.9 Å². The van der Waals surface area contributed by atoms with Crippen molar-refractivity contribution in [3.8, 4) is 29.0 Å². The number of carbonyl (C=O) groups is 1. The molecule has 1 atom stereocenters. The van der Waals surface area contributed by atoms with Crippen LogP contribution in [0.4, 0.5) is 27.8 Å².